The highest BCUT2D eigenvalue weighted by Gasteiger charge is 2.48. The molecule has 4 nitrogen and oxygen atoms in total. The highest BCUT2D eigenvalue weighted by atomic mass is 19.4. The predicted octanol–water partition coefficient (Wildman–Crippen LogP) is 4.57. The van der Waals surface area contributed by atoms with Crippen LogP contribution in [0, 0.1) is 17.6 Å². The first kappa shape index (κ1) is 18.4. The maximum Gasteiger partial charge on any atom is 0.505 e. The molecule has 4 rings (SSSR count). The molecule has 0 aliphatic heterocycles. The summed E-state index contributed by atoms with van der Waals surface area (Å²) in [7, 11) is 0. The third-order valence-corrected chi connectivity index (χ3v) is 4.92. The van der Waals surface area contributed by atoms with E-state index in [1.165, 1.54) is 24.3 Å². The molecular formula is C19H13F5N2O2. The van der Waals surface area contributed by atoms with Crippen LogP contribution < -0.4 is 0 Å². The van der Waals surface area contributed by atoms with Crippen LogP contribution in [0.3, 0.4) is 0 Å². The Morgan fingerprint density at radius 3 is 2.54 bits per heavy atom. The number of aliphatic carboxylic acids is 1. The van der Waals surface area contributed by atoms with Gasteiger partial charge in [-0.1, -0.05) is 18.2 Å². The number of nitrogens with zero attached hydrogens (tertiary/aromatic N) is 2. The Balaban J connectivity index is 1.87. The lowest BCUT2D eigenvalue weighted by Crippen LogP contribution is -2.18. The van der Waals surface area contributed by atoms with E-state index in [0.29, 0.717) is 11.6 Å². The molecule has 2 atom stereocenters. The van der Waals surface area contributed by atoms with Crippen molar-refractivity contribution in [3.8, 4) is 0 Å². The number of halogens is 5. The Bertz CT molecular complexity index is 1090. The average Bonchev–Trinajstić information content (AvgIpc) is 3.30. The zero-order valence-corrected chi connectivity index (χ0v) is 14.2. The van der Waals surface area contributed by atoms with Crippen LogP contribution in [0.2, 0.25) is 0 Å². The van der Waals surface area contributed by atoms with E-state index in [4.69, 9.17) is 5.11 Å². The Kier molecular flexibility index (Phi) is 4.13. The van der Waals surface area contributed by atoms with E-state index in [1.807, 2.05) is 0 Å². The molecule has 9 heteroatoms. The van der Waals surface area contributed by atoms with Crippen molar-refractivity contribution in [2.24, 2.45) is 5.92 Å². The monoisotopic (exact) mass is 396 g/mol. The van der Waals surface area contributed by atoms with Gasteiger partial charge in [0.15, 0.2) is 0 Å². The van der Waals surface area contributed by atoms with Crippen LogP contribution >= 0.6 is 0 Å². The van der Waals surface area contributed by atoms with Gasteiger partial charge in [-0.3, -0.25) is 4.79 Å². The minimum atomic E-state index is -4.79. The maximum atomic E-state index is 14.1. The molecule has 146 valence electrons. The van der Waals surface area contributed by atoms with E-state index in [1.54, 1.807) is 0 Å². The molecule has 1 heterocycles. The van der Waals surface area contributed by atoms with Gasteiger partial charge >= 0.3 is 12.3 Å². The smallest absolute Gasteiger partial charge is 0.481 e. The van der Waals surface area contributed by atoms with Gasteiger partial charge in [0.05, 0.1) is 17.1 Å². The average molecular weight is 396 g/mol. The van der Waals surface area contributed by atoms with Crippen LogP contribution in [-0.4, -0.2) is 20.9 Å². The fraction of sp³-hybridized carbons (Fsp3) is 0.263. The topological polar surface area (TPSA) is 55.1 Å². The van der Waals surface area contributed by atoms with Crippen molar-refractivity contribution in [1.82, 2.24) is 9.78 Å². The molecule has 0 spiro atoms. The predicted molar refractivity (Wildman–Crippen MR) is 88.7 cm³/mol. The lowest BCUT2D eigenvalue weighted by atomic mass is 9.98. The van der Waals surface area contributed by atoms with Gasteiger partial charge in [0.1, 0.15) is 11.6 Å². The number of rotatable bonds is 4. The number of hydrogen-bond acceptors (Lipinski definition) is 2. The molecule has 2 unspecified atom stereocenters. The summed E-state index contributed by atoms with van der Waals surface area (Å²) in [5.74, 6) is -4.09. The first-order chi connectivity index (χ1) is 13.2. The summed E-state index contributed by atoms with van der Waals surface area (Å²) in [6.07, 6.45) is -4.67. The molecule has 1 N–H and O–H groups in total. The number of carboxylic acids is 1. The Labute approximate surface area is 155 Å². The molecule has 2 aromatic carbocycles. The minimum Gasteiger partial charge on any atom is -0.481 e. The summed E-state index contributed by atoms with van der Waals surface area (Å²) >= 11 is 0. The van der Waals surface area contributed by atoms with Gasteiger partial charge < -0.3 is 5.11 Å². The maximum absolute atomic E-state index is 14.1. The minimum absolute atomic E-state index is 0.0397. The van der Waals surface area contributed by atoms with Crippen molar-refractivity contribution >= 4 is 16.9 Å². The van der Waals surface area contributed by atoms with Gasteiger partial charge in [0, 0.05) is 23.8 Å². The molecule has 28 heavy (non-hydrogen) atoms. The van der Waals surface area contributed by atoms with Gasteiger partial charge in [-0.15, -0.1) is 13.2 Å². The Morgan fingerprint density at radius 1 is 1.18 bits per heavy atom. The Morgan fingerprint density at radius 2 is 1.93 bits per heavy atom. The van der Waals surface area contributed by atoms with E-state index >= 15 is 0 Å². The van der Waals surface area contributed by atoms with E-state index in [-0.39, 0.29) is 39.7 Å². The number of benzene rings is 2. The van der Waals surface area contributed by atoms with Crippen LogP contribution in [0.15, 0.2) is 36.4 Å². The van der Waals surface area contributed by atoms with Crippen LogP contribution in [-0.2, 0) is 17.5 Å². The molecule has 0 amide bonds. The zero-order chi connectivity index (χ0) is 20.2. The number of fused-ring (bicyclic) bond motifs is 1. The largest absolute Gasteiger partial charge is 0.505 e. The molecule has 0 radical (unpaired) electrons. The van der Waals surface area contributed by atoms with Crippen molar-refractivity contribution in [2.45, 2.75) is 25.1 Å². The molecule has 1 aromatic heterocycles. The van der Waals surface area contributed by atoms with Crippen molar-refractivity contribution in [3.63, 3.8) is 0 Å². The number of alkyl halides is 3. The summed E-state index contributed by atoms with van der Waals surface area (Å²) in [6.45, 7) is 0. The standard InChI is InChI=1S/C19H13F5N2O2/c20-11-5-4-9(14(21)7-11)6-10-2-1-3-15-16(10)17(12-8-13(12)18(27)28)25-26(15)19(22,23)24/h1-5,7,12-13H,6,8H2,(H,27,28). The molecule has 1 saturated carbocycles. The van der Waals surface area contributed by atoms with E-state index in [2.05, 4.69) is 5.10 Å². The third kappa shape index (κ3) is 3.10. The summed E-state index contributed by atoms with van der Waals surface area (Å²) in [5, 5.41) is 13.0. The quantitative estimate of drug-likeness (QED) is 0.658. The highest BCUT2D eigenvalue weighted by Crippen LogP contribution is 2.50. The van der Waals surface area contributed by atoms with Crippen LogP contribution in [0.1, 0.15) is 29.2 Å². The van der Waals surface area contributed by atoms with E-state index < -0.39 is 35.7 Å². The summed E-state index contributed by atoms with van der Waals surface area (Å²) in [6, 6.07) is 7.18. The van der Waals surface area contributed by atoms with Crippen molar-refractivity contribution in [3.05, 3.63) is 64.9 Å². The van der Waals surface area contributed by atoms with Gasteiger partial charge in [0.25, 0.3) is 0 Å². The second kappa shape index (κ2) is 6.29. The van der Waals surface area contributed by atoms with E-state index in [0.717, 1.165) is 6.07 Å². The fourth-order valence-electron chi connectivity index (χ4n) is 3.51. The van der Waals surface area contributed by atoms with Gasteiger partial charge in [-0.2, -0.15) is 9.78 Å². The summed E-state index contributed by atoms with van der Waals surface area (Å²) < 4.78 is 67.4. The number of carboxylic acid groups (broad SMARTS) is 1. The fourth-order valence-corrected chi connectivity index (χ4v) is 3.51. The molecule has 0 saturated heterocycles. The van der Waals surface area contributed by atoms with Crippen LogP contribution in [0.5, 0.6) is 0 Å². The molecule has 1 fully saturated rings. The second-order valence-electron chi connectivity index (χ2n) is 6.78. The summed E-state index contributed by atoms with van der Waals surface area (Å²) in [4.78, 5) is 11.2. The number of hydrogen-bond donors (Lipinski definition) is 1. The normalized spacial score (nSPS) is 19.2. The molecular weight excluding hydrogens is 383 g/mol. The number of carbonyl (C=O) groups is 1. The van der Waals surface area contributed by atoms with Crippen molar-refractivity contribution < 1.29 is 31.9 Å². The molecule has 1 aliphatic rings. The third-order valence-electron chi connectivity index (χ3n) is 4.92. The van der Waals surface area contributed by atoms with Gasteiger partial charge in [0.2, 0.25) is 0 Å². The zero-order valence-electron chi connectivity index (χ0n) is 14.2. The first-order valence-corrected chi connectivity index (χ1v) is 8.41. The molecule has 0 bridgehead atoms. The first-order valence-electron chi connectivity index (χ1n) is 8.41. The number of aromatic nitrogens is 2. The van der Waals surface area contributed by atoms with Gasteiger partial charge in [-0.05, 0) is 29.7 Å². The van der Waals surface area contributed by atoms with Gasteiger partial charge in [-0.25, -0.2) is 8.78 Å². The second-order valence-corrected chi connectivity index (χ2v) is 6.78. The molecule has 1 aliphatic carbocycles. The molecule has 3 aromatic rings. The lowest BCUT2D eigenvalue weighted by Gasteiger charge is -2.09. The Hall–Kier alpha value is -2.97. The lowest BCUT2D eigenvalue weighted by molar-refractivity contribution is -0.209. The van der Waals surface area contributed by atoms with Crippen molar-refractivity contribution in [2.75, 3.05) is 0 Å². The van der Waals surface area contributed by atoms with Crippen LogP contribution in [0.4, 0.5) is 22.0 Å². The SMILES string of the molecule is O=C(O)C1CC1c1nn(C(F)(F)F)c2cccc(Cc3ccc(F)cc3F)c12. The van der Waals surface area contributed by atoms with Crippen molar-refractivity contribution in [1.29, 1.82) is 0 Å². The van der Waals surface area contributed by atoms with Crippen LogP contribution in [0.25, 0.3) is 10.9 Å². The summed E-state index contributed by atoms with van der Waals surface area (Å²) in [5.41, 5.74) is 0.297. The van der Waals surface area contributed by atoms with E-state index in [9.17, 15) is 26.7 Å². The highest BCUT2D eigenvalue weighted by molar-refractivity contribution is 5.88.